The fourth-order valence-electron chi connectivity index (χ4n) is 2.04. The second kappa shape index (κ2) is 7.65. The maximum Gasteiger partial charge on any atom is 0.0658 e. The molecule has 0 aromatic heterocycles. The van der Waals surface area contributed by atoms with Crippen molar-refractivity contribution >= 4 is 17.3 Å². The molecule has 2 nitrogen and oxygen atoms in total. The van der Waals surface area contributed by atoms with Gasteiger partial charge in [-0.2, -0.15) is 0 Å². The molecule has 0 saturated carbocycles. The predicted octanol–water partition coefficient (Wildman–Crippen LogP) is 4.47. The highest BCUT2D eigenvalue weighted by Gasteiger charge is 2.22. The smallest absolute Gasteiger partial charge is 0.0658 e. The number of nitrogens with one attached hydrogen (secondary N) is 1. The van der Waals surface area contributed by atoms with E-state index in [-0.39, 0.29) is 12.1 Å². The molecule has 0 spiro atoms. The van der Waals surface area contributed by atoms with Gasteiger partial charge in [-0.15, -0.1) is 0 Å². The summed E-state index contributed by atoms with van der Waals surface area (Å²) in [6, 6.07) is 7.64. The summed E-state index contributed by atoms with van der Waals surface area (Å²) in [5.41, 5.74) is 0.702. The number of aliphatic hydroxyl groups excluding tert-OH is 1. The Morgan fingerprint density at radius 1 is 1.28 bits per heavy atom. The van der Waals surface area contributed by atoms with Crippen LogP contribution in [0.4, 0.5) is 5.69 Å². The Hall–Kier alpha value is -0.730. The third kappa shape index (κ3) is 5.28. The molecule has 1 rings (SSSR count). The van der Waals surface area contributed by atoms with E-state index >= 15 is 0 Å². The number of hydrogen-bond acceptors (Lipinski definition) is 2. The van der Waals surface area contributed by atoms with E-state index in [1.807, 2.05) is 24.3 Å². The van der Waals surface area contributed by atoms with Crippen LogP contribution < -0.4 is 5.32 Å². The van der Waals surface area contributed by atoms with Crippen molar-refractivity contribution in [3.63, 3.8) is 0 Å². The van der Waals surface area contributed by atoms with Crippen LogP contribution in [0.2, 0.25) is 5.02 Å². The zero-order valence-electron chi connectivity index (χ0n) is 11.4. The molecule has 0 bridgehead atoms. The molecular weight excluding hydrogens is 246 g/mol. The Bertz CT molecular complexity index is 356. The van der Waals surface area contributed by atoms with Gasteiger partial charge in [0.2, 0.25) is 0 Å². The van der Waals surface area contributed by atoms with Crippen LogP contribution in [0.15, 0.2) is 24.3 Å². The summed E-state index contributed by atoms with van der Waals surface area (Å²) in [5, 5.41) is 13.7. The number of rotatable bonds is 8. The van der Waals surface area contributed by atoms with Gasteiger partial charge in [0, 0.05) is 10.7 Å². The van der Waals surface area contributed by atoms with Crippen LogP contribution in [0, 0.1) is 0 Å². The average molecular weight is 270 g/mol. The minimum atomic E-state index is -0.265. The lowest BCUT2D eigenvalue weighted by molar-refractivity contribution is 0.211. The minimum Gasteiger partial charge on any atom is -0.394 e. The van der Waals surface area contributed by atoms with Crippen LogP contribution in [0.25, 0.3) is 0 Å². The molecule has 0 saturated heterocycles. The Balaban J connectivity index is 2.53. The lowest BCUT2D eigenvalue weighted by atomic mass is 9.94. The zero-order valence-corrected chi connectivity index (χ0v) is 12.1. The van der Waals surface area contributed by atoms with Crippen molar-refractivity contribution in [1.29, 1.82) is 0 Å². The number of anilines is 1. The SMILES string of the molecule is CCCCCCC(C)(CO)Nc1cccc(Cl)c1. The Morgan fingerprint density at radius 3 is 2.67 bits per heavy atom. The van der Waals surface area contributed by atoms with Crippen LogP contribution in [-0.4, -0.2) is 17.3 Å². The first-order valence-electron chi connectivity index (χ1n) is 6.74. The van der Waals surface area contributed by atoms with Crippen LogP contribution in [0.5, 0.6) is 0 Å². The normalized spacial score (nSPS) is 14.2. The van der Waals surface area contributed by atoms with Gasteiger partial charge in [0.1, 0.15) is 0 Å². The summed E-state index contributed by atoms with van der Waals surface area (Å²) < 4.78 is 0. The quantitative estimate of drug-likeness (QED) is 0.683. The first kappa shape index (κ1) is 15.3. The Kier molecular flexibility index (Phi) is 6.51. The molecule has 2 N–H and O–H groups in total. The van der Waals surface area contributed by atoms with Crippen LogP contribution in [-0.2, 0) is 0 Å². The molecule has 1 aromatic rings. The lowest BCUT2D eigenvalue weighted by Gasteiger charge is -2.30. The van der Waals surface area contributed by atoms with Crippen molar-refractivity contribution in [2.45, 2.75) is 51.5 Å². The highest BCUT2D eigenvalue weighted by Crippen LogP contribution is 2.23. The van der Waals surface area contributed by atoms with Crippen molar-refractivity contribution in [3.05, 3.63) is 29.3 Å². The zero-order chi connectivity index (χ0) is 13.4. The number of unbranched alkanes of at least 4 members (excludes halogenated alkanes) is 3. The van der Waals surface area contributed by atoms with Crippen molar-refractivity contribution in [3.8, 4) is 0 Å². The van der Waals surface area contributed by atoms with Gasteiger partial charge >= 0.3 is 0 Å². The summed E-state index contributed by atoms with van der Waals surface area (Å²) in [4.78, 5) is 0. The number of hydrogen-bond donors (Lipinski definition) is 2. The van der Waals surface area contributed by atoms with Crippen molar-refractivity contribution in [2.75, 3.05) is 11.9 Å². The van der Waals surface area contributed by atoms with Gasteiger partial charge in [-0.05, 0) is 31.5 Å². The third-order valence-electron chi connectivity index (χ3n) is 3.20. The van der Waals surface area contributed by atoms with Crippen molar-refractivity contribution in [1.82, 2.24) is 0 Å². The average Bonchev–Trinajstić information content (AvgIpc) is 2.35. The second-order valence-electron chi connectivity index (χ2n) is 5.16. The lowest BCUT2D eigenvalue weighted by Crippen LogP contribution is -2.38. The van der Waals surface area contributed by atoms with Gasteiger partial charge < -0.3 is 10.4 Å². The minimum absolute atomic E-state index is 0.131. The first-order chi connectivity index (χ1) is 8.59. The van der Waals surface area contributed by atoms with E-state index in [4.69, 9.17) is 11.6 Å². The highest BCUT2D eigenvalue weighted by atomic mass is 35.5. The number of halogens is 1. The highest BCUT2D eigenvalue weighted by molar-refractivity contribution is 6.30. The van der Waals surface area contributed by atoms with Gasteiger partial charge in [0.05, 0.1) is 12.1 Å². The Labute approximate surface area is 115 Å². The second-order valence-corrected chi connectivity index (χ2v) is 5.60. The molecule has 0 heterocycles. The maximum atomic E-state index is 9.58. The number of aliphatic hydroxyl groups is 1. The summed E-state index contributed by atoms with van der Waals surface area (Å²) in [6.45, 7) is 4.39. The first-order valence-corrected chi connectivity index (χ1v) is 7.12. The third-order valence-corrected chi connectivity index (χ3v) is 3.44. The summed E-state index contributed by atoms with van der Waals surface area (Å²) >= 11 is 5.96. The fourth-order valence-corrected chi connectivity index (χ4v) is 2.23. The largest absolute Gasteiger partial charge is 0.394 e. The van der Waals surface area contributed by atoms with Gasteiger partial charge in [-0.1, -0.05) is 50.3 Å². The van der Waals surface area contributed by atoms with Crippen molar-refractivity contribution in [2.24, 2.45) is 0 Å². The predicted molar refractivity (Wildman–Crippen MR) is 79.3 cm³/mol. The molecule has 1 atom stereocenters. The molecule has 18 heavy (non-hydrogen) atoms. The van der Waals surface area contributed by atoms with Gasteiger partial charge in [0.15, 0.2) is 0 Å². The van der Waals surface area contributed by atoms with Crippen LogP contribution >= 0.6 is 11.6 Å². The molecular formula is C15H24ClNO. The van der Waals surface area contributed by atoms with Gasteiger partial charge in [0.25, 0.3) is 0 Å². The number of benzene rings is 1. The summed E-state index contributed by atoms with van der Waals surface area (Å²) in [6.07, 6.45) is 5.83. The van der Waals surface area contributed by atoms with E-state index in [0.717, 1.165) is 18.5 Å². The van der Waals surface area contributed by atoms with Crippen LogP contribution in [0.1, 0.15) is 46.0 Å². The monoisotopic (exact) mass is 269 g/mol. The van der Waals surface area contributed by atoms with E-state index in [1.54, 1.807) is 0 Å². The van der Waals surface area contributed by atoms with Crippen LogP contribution in [0.3, 0.4) is 0 Å². The Morgan fingerprint density at radius 2 is 2.06 bits per heavy atom. The molecule has 3 heteroatoms. The van der Waals surface area contributed by atoms with Crippen molar-refractivity contribution < 1.29 is 5.11 Å². The summed E-state index contributed by atoms with van der Waals surface area (Å²) in [7, 11) is 0. The standard InChI is InChI=1S/C15H24ClNO/c1-3-4-5-6-10-15(2,12-18)17-14-9-7-8-13(16)11-14/h7-9,11,17-18H,3-6,10,12H2,1-2H3. The maximum absolute atomic E-state index is 9.58. The molecule has 0 aliphatic carbocycles. The van der Waals surface area contributed by atoms with Gasteiger partial charge in [-0.3, -0.25) is 0 Å². The fraction of sp³-hybridized carbons (Fsp3) is 0.600. The van der Waals surface area contributed by atoms with E-state index in [0.29, 0.717) is 5.02 Å². The molecule has 0 fully saturated rings. The molecule has 1 aromatic carbocycles. The van der Waals surface area contributed by atoms with Gasteiger partial charge in [-0.25, -0.2) is 0 Å². The molecule has 0 radical (unpaired) electrons. The van der Waals surface area contributed by atoms with E-state index in [1.165, 1.54) is 19.3 Å². The molecule has 102 valence electrons. The molecule has 0 aliphatic heterocycles. The molecule has 0 aliphatic rings. The molecule has 0 amide bonds. The van der Waals surface area contributed by atoms with E-state index in [2.05, 4.69) is 19.2 Å². The summed E-state index contributed by atoms with van der Waals surface area (Å²) in [5.74, 6) is 0. The van der Waals surface area contributed by atoms with E-state index < -0.39 is 0 Å². The topological polar surface area (TPSA) is 32.3 Å². The van der Waals surface area contributed by atoms with E-state index in [9.17, 15) is 5.11 Å². The molecule has 1 unspecified atom stereocenters.